The van der Waals surface area contributed by atoms with Crippen molar-refractivity contribution in [3.63, 3.8) is 0 Å². The van der Waals surface area contributed by atoms with Crippen LogP contribution in [0, 0.1) is 0 Å². The number of aliphatic hydroxyl groups is 10. The molecule has 4 heterocycles. The lowest BCUT2D eigenvalue weighted by Gasteiger charge is -2.48. The highest BCUT2D eigenvalue weighted by Gasteiger charge is 2.54. The second-order valence-corrected chi connectivity index (χ2v) is 11.6. The molecule has 4 fully saturated rings. The monoisotopic (exact) mass is 660 g/mol. The molecule has 262 valence electrons. The quantitative estimate of drug-likeness (QED) is 0.103. The van der Waals surface area contributed by atoms with Crippen molar-refractivity contribution in [2.24, 2.45) is 0 Å². The number of hydrogen-bond donors (Lipinski definition) is 10. The molecular formula is C26H44O19. The highest BCUT2D eigenvalue weighted by atomic mass is 16.8. The van der Waals surface area contributed by atoms with E-state index in [1.807, 2.05) is 0 Å². The lowest BCUT2D eigenvalue weighted by Crippen LogP contribution is -2.66. The SMILES string of the molecule is CC(=O)O[C@@H]1C[C@@H](O)[C@@H](C)O[C@@H]1O[C@@H]1[C@H](O)[C@@H](O[C@@H]2[C@@H](O)[C@@H](O)[C@H](O[C@@H]3[C@@H](O)[C@@H](O)O[C@H](CO)[C@@H]3O)O[C@H]2C)O[C@H](CO)[C@H]1O. The summed E-state index contributed by atoms with van der Waals surface area (Å²) in [6, 6.07) is 0. The van der Waals surface area contributed by atoms with Gasteiger partial charge < -0.3 is 89.0 Å². The van der Waals surface area contributed by atoms with Gasteiger partial charge in [0.05, 0.1) is 31.5 Å². The molecule has 0 amide bonds. The van der Waals surface area contributed by atoms with Crippen LogP contribution in [0.1, 0.15) is 27.2 Å². The lowest BCUT2D eigenvalue weighted by molar-refractivity contribution is -0.383. The van der Waals surface area contributed by atoms with Crippen molar-refractivity contribution >= 4 is 5.97 Å². The van der Waals surface area contributed by atoms with Crippen molar-refractivity contribution < 1.29 is 93.8 Å². The summed E-state index contributed by atoms with van der Waals surface area (Å²) in [6.45, 7) is 2.57. The van der Waals surface area contributed by atoms with E-state index < -0.39 is 136 Å². The maximum absolute atomic E-state index is 11.6. The summed E-state index contributed by atoms with van der Waals surface area (Å²) in [5.74, 6) is -0.701. The lowest BCUT2D eigenvalue weighted by atomic mass is 9.96. The normalized spacial score (nSPS) is 51.1. The Morgan fingerprint density at radius 2 is 1.13 bits per heavy atom. The molecule has 4 aliphatic heterocycles. The predicted molar refractivity (Wildman–Crippen MR) is 139 cm³/mol. The first-order chi connectivity index (χ1) is 21.2. The zero-order valence-electron chi connectivity index (χ0n) is 24.7. The van der Waals surface area contributed by atoms with Gasteiger partial charge in [0.15, 0.2) is 31.3 Å². The zero-order valence-corrected chi connectivity index (χ0v) is 24.7. The van der Waals surface area contributed by atoms with E-state index in [0.717, 1.165) is 6.92 Å². The maximum atomic E-state index is 11.6. The van der Waals surface area contributed by atoms with E-state index in [4.69, 9.17) is 37.9 Å². The Hall–Kier alpha value is -1.21. The largest absolute Gasteiger partial charge is 0.457 e. The van der Waals surface area contributed by atoms with E-state index in [9.17, 15) is 55.9 Å². The molecule has 0 aromatic rings. The molecule has 0 aromatic carbocycles. The fourth-order valence-corrected chi connectivity index (χ4v) is 5.69. The van der Waals surface area contributed by atoms with Gasteiger partial charge in [0.2, 0.25) is 0 Å². The van der Waals surface area contributed by atoms with Gasteiger partial charge in [0.1, 0.15) is 67.1 Å². The second-order valence-electron chi connectivity index (χ2n) is 11.6. The average molecular weight is 661 g/mol. The molecular weight excluding hydrogens is 616 g/mol. The highest BCUT2D eigenvalue weighted by Crippen LogP contribution is 2.34. The number of ether oxygens (including phenoxy) is 8. The van der Waals surface area contributed by atoms with Gasteiger partial charge in [-0.15, -0.1) is 0 Å². The standard InChI is InChI=1S/C26H44O19/c1-7-10(30)4-11(40-9(3)29)24(38-7)44-22-15(32)13(6-28)42-26(19(22)36)43-20-8(2)39-25(17(34)16(20)33)45-21-14(31)12(5-27)41-23(37)18(21)35/h7-8,10-28,30-37H,4-6H2,1-3H3/t7-,8+,10-,11-,12-,13-,14+,15-,16+,17-,18-,19+,20+,21+,22+,23+,24-,25+,26-/m1/s1. The molecule has 0 radical (unpaired) electrons. The second kappa shape index (κ2) is 15.3. The van der Waals surface area contributed by atoms with Crippen LogP contribution in [0.2, 0.25) is 0 Å². The average Bonchev–Trinajstić information content (AvgIpc) is 2.98. The third kappa shape index (κ3) is 7.92. The smallest absolute Gasteiger partial charge is 0.303 e. The summed E-state index contributed by atoms with van der Waals surface area (Å²) in [5.41, 5.74) is 0. The fourth-order valence-electron chi connectivity index (χ4n) is 5.69. The molecule has 4 saturated heterocycles. The van der Waals surface area contributed by atoms with Gasteiger partial charge in [-0.05, 0) is 13.8 Å². The first-order valence-electron chi connectivity index (χ1n) is 14.6. The number of carbonyl (C=O) groups is 1. The number of aliphatic hydroxyl groups excluding tert-OH is 10. The summed E-state index contributed by atoms with van der Waals surface area (Å²) in [7, 11) is 0. The van der Waals surface area contributed by atoms with Crippen LogP contribution in [0.25, 0.3) is 0 Å². The van der Waals surface area contributed by atoms with Crippen LogP contribution in [-0.4, -0.2) is 187 Å². The Bertz CT molecular complexity index is 959. The Kier molecular flexibility index (Phi) is 12.5. The van der Waals surface area contributed by atoms with Crippen molar-refractivity contribution in [3.8, 4) is 0 Å². The molecule has 0 bridgehead atoms. The first kappa shape index (κ1) is 36.6. The zero-order chi connectivity index (χ0) is 33.3. The Morgan fingerprint density at radius 3 is 1.73 bits per heavy atom. The summed E-state index contributed by atoms with van der Waals surface area (Å²) >= 11 is 0. The molecule has 4 aliphatic rings. The van der Waals surface area contributed by atoms with Crippen LogP contribution in [0.4, 0.5) is 0 Å². The van der Waals surface area contributed by atoms with E-state index in [-0.39, 0.29) is 6.42 Å². The van der Waals surface area contributed by atoms with Crippen LogP contribution in [0.3, 0.4) is 0 Å². The predicted octanol–water partition coefficient (Wildman–Crippen LogP) is -6.09. The van der Waals surface area contributed by atoms with Gasteiger partial charge in [0, 0.05) is 13.3 Å². The number of hydrogen-bond acceptors (Lipinski definition) is 19. The molecule has 19 heteroatoms. The minimum absolute atomic E-state index is 0.0734. The summed E-state index contributed by atoms with van der Waals surface area (Å²) in [4.78, 5) is 11.6. The molecule has 0 aromatic heterocycles. The van der Waals surface area contributed by atoms with Crippen molar-refractivity contribution in [1.29, 1.82) is 0 Å². The van der Waals surface area contributed by atoms with E-state index in [1.165, 1.54) is 13.8 Å². The molecule has 0 saturated carbocycles. The molecule has 4 rings (SSSR count). The number of esters is 1. The van der Waals surface area contributed by atoms with Gasteiger partial charge in [-0.3, -0.25) is 4.79 Å². The first-order valence-corrected chi connectivity index (χ1v) is 14.6. The van der Waals surface area contributed by atoms with Crippen LogP contribution in [-0.2, 0) is 42.7 Å². The minimum Gasteiger partial charge on any atom is -0.457 e. The Morgan fingerprint density at radius 1 is 0.622 bits per heavy atom. The number of rotatable bonds is 9. The van der Waals surface area contributed by atoms with Gasteiger partial charge >= 0.3 is 5.97 Å². The van der Waals surface area contributed by atoms with Crippen LogP contribution < -0.4 is 0 Å². The molecule has 45 heavy (non-hydrogen) atoms. The van der Waals surface area contributed by atoms with Crippen LogP contribution in [0.5, 0.6) is 0 Å². The van der Waals surface area contributed by atoms with Gasteiger partial charge in [-0.1, -0.05) is 0 Å². The van der Waals surface area contributed by atoms with Gasteiger partial charge in [0.25, 0.3) is 0 Å². The summed E-state index contributed by atoms with van der Waals surface area (Å²) in [5, 5.41) is 104. The summed E-state index contributed by atoms with van der Waals surface area (Å²) < 4.78 is 44.0. The summed E-state index contributed by atoms with van der Waals surface area (Å²) in [6.07, 6.45) is -28.7. The number of carbonyl (C=O) groups excluding carboxylic acids is 1. The molecule has 0 unspecified atom stereocenters. The van der Waals surface area contributed by atoms with Crippen molar-refractivity contribution in [2.75, 3.05) is 13.2 Å². The van der Waals surface area contributed by atoms with Crippen molar-refractivity contribution in [1.82, 2.24) is 0 Å². The third-order valence-electron chi connectivity index (χ3n) is 8.30. The van der Waals surface area contributed by atoms with Crippen LogP contribution in [0.15, 0.2) is 0 Å². The highest BCUT2D eigenvalue weighted by molar-refractivity contribution is 5.66. The van der Waals surface area contributed by atoms with E-state index in [0.29, 0.717) is 0 Å². The topological polar surface area (TPSA) is 293 Å². The Balaban J connectivity index is 1.46. The van der Waals surface area contributed by atoms with E-state index in [2.05, 4.69) is 0 Å². The van der Waals surface area contributed by atoms with E-state index in [1.54, 1.807) is 0 Å². The molecule has 19 atom stereocenters. The molecule has 0 spiro atoms. The van der Waals surface area contributed by atoms with E-state index >= 15 is 0 Å². The molecule has 10 N–H and O–H groups in total. The van der Waals surface area contributed by atoms with Crippen molar-refractivity contribution in [3.05, 3.63) is 0 Å². The maximum Gasteiger partial charge on any atom is 0.303 e. The van der Waals surface area contributed by atoms with Gasteiger partial charge in [-0.25, -0.2) is 0 Å². The fraction of sp³-hybridized carbons (Fsp3) is 0.962. The Labute approximate surface area is 257 Å². The van der Waals surface area contributed by atoms with Gasteiger partial charge in [-0.2, -0.15) is 0 Å². The van der Waals surface area contributed by atoms with Crippen molar-refractivity contribution in [2.45, 2.75) is 144 Å². The molecule has 0 aliphatic carbocycles. The molecule has 19 nitrogen and oxygen atoms in total. The minimum atomic E-state index is -1.89. The van der Waals surface area contributed by atoms with Crippen LogP contribution >= 0.6 is 0 Å². The third-order valence-corrected chi connectivity index (χ3v) is 8.30.